The van der Waals surface area contributed by atoms with E-state index in [1.807, 2.05) is 0 Å². The molecule has 0 aliphatic rings. The summed E-state index contributed by atoms with van der Waals surface area (Å²) < 4.78 is 9.70. The Morgan fingerprint density at radius 3 is 2.42 bits per heavy atom. The van der Waals surface area contributed by atoms with Crippen LogP contribution < -0.4 is 10.1 Å². The number of benzene rings is 2. The van der Waals surface area contributed by atoms with Gasteiger partial charge in [-0.1, -0.05) is 18.2 Å². The average molecular weight is 329 g/mol. The number of aromatic carboxylic acids is 1. The summed E-state index contributed by atoms with van der Waals surface area (Å²) in [6.07, 6.45) is 0. The number of carboxylic acids is 1. The van der Waals surface area contributed by atoms with Gasteiger partial charge in [0.1, 0.15) is 5.75 Å². The topological polar surface area (TPSA) is 102 Å². The second-order valence-corrected chi connectivity index (χ2v) is 4.70. The summed E-state index contributed by atoms with van der Waals surface area (Å²) in [6.45, 7) is -0.254. The number of carboxylic acid groups (broad SMARTS) is 1. The Hall–Kier alpha value is -3.35. The van der Waals surface area contributed by atoms with E-state index in [-0.39, 0.29) is 17.7 Å². The zero-order chi connectivity index (χ0) is 17.5. The van der Waals surface area contributed by atoms with E-state index in [0.29, 0.717) is 11.4 Å². The van der Waals surface area contributed by atoms with Crippen molar-refractivity contribution in [2.75, 3.05) is 19.0 Å². The van der Waals surface area contributed by atoms with Crippen molar-refractivity contribution in [1.82, 2.24) is 0 Å². The van der Waals surface area contributed by atoms with E-state index in [2.05, 4.69) is 10.1 Å². The number of hydrogen-bond acceptors (Lipinski definition) is 5. The van der Waals surface area contributed by atoms with Crippen molar-refractivity contribution >= 4 is 23.5 Å². The first kappa shape index (κ1) is 17.0. The Morgan fingerprint density at radius 1 is 1.04 bits per heavy atom. The minimum absolute atomic E-state index is 0.0471. The van der Waals surface area contributed by atoms with E-state index < -0.39 is 17.8 Å². The van der Waals surface area contributed by atoms with E-state index in [9.17, 15) is 14.4 Å². The van der Waals surface area contributed by atoms with Crippen molar-refractivity contribution < 1.29 is 29.0 Å². The maximum Gasteiger partial charge on any atom is 0.343 e. The van der Waals surface area contributed by atoms with Gasteiger partial charge in [0, 0.05) is 11.8 Å². The fraction of sp³-hybridized carbons (Fsp3) is 0.118. The average Bonchev–Trinajstić information content (AvgIpc) is 2.59. The molecule has 0 radical (unpaired) electrons. The Bertz CT molecular complexity index is 771. The Balaban J connectivity index is 2.12. The van der Waals surface area contributed by atoms with Gasteiger partial charge in [0.15, 0.2) is 6.61 Å². The summed E-state index contributed by atoms with van der Waals surface area (Å²) >= 11 is 0. The number of hydrogen-bond donors (Lipinski definition) is 2. The van der Waals surface area contributed by atoms with Crippen LogP contribution >= 0.6 is 0 Å². The van der Waals surface area contributed by atoms with Crippen molar-refractivity contribution in [2.24, 2.45) is 0 Å². The normalized spacial score (nSPS) is 9.88. The number of carbonyl (C=O) groups is 3. The molecule has 2 N–H and O–H groups in total. The van der Waals surface area contributed by atoms with Gasteiger partial charge in [-0.05, 0) is 24.3 Å². The first-order valence-electron chi connectivity index (χ1n) is 6.94. The number of anilines is 1. The highest BCUT2D eigenvalue weighted by atomic mass is 16.6. The van der Waals surface area contributed by atoms with Crippen molar-refractivity contribution in [3.8, 4) is 5.75 Å². The molecule has 0 bridgehead atoms. The number of amides is 1. The number of nitrogens with one attached hydrogen (secondary N) is 1. The lowest BCUT2D eigenvalue weighted by Gasteiger charge is -2.10. The molecule has 124 valence electrons. The van der Waals surface area contributed by atoms with Crippen molar-refractivity contribution in [2.45, 2.75) is 0 Å². The molecular formula is C17H15NO6. The molecule has 0 unspecified atom stereocenters. The largest absolute Gasteiger partial charge is 0.482 e. The summed E-state index contributed by atoms with van der Waals surface area (Å²) in [5, 5.41) is 11.7. The summed E-state index contributed by atoms with van der Waals surface area (Å²) in [4.78, 5) is 34.5. The minimum Gasteiger partial charge on any atom is -0.482 e. The van der Waals surface area contributed by atoms with E-state index in [1.165, 1.54) is 25.3 Å². The van der Waals surface area contributed by atoms with Crippen LogP contribution in [0.5, 0.6) is 5.75 Å². The van der Waals surface area contributed by atoms with Gasteiger partial charge < -0.3 is 19.9 Å². The zero-order valence-corrected chi connectivity index (χ0v) is 12.8. The van der Waals surface area contributed by atoms with Crippen LogP contribution in [0.1, 0.15) is 20.7 Å². The molecule has 2 rings (SSSR count). The second-order valence-electron chi connectivity index (χ2n) is 4.70. The summed E-state index contributed by atoms with van der Waals surface area (Å²) in [7, 11) is 1.25. The molecule has 0 aliphatic carbocycles. The second kappa shape index (κ2) is 7.77. The van der Waals surface area contributed by atoms with Crippen LogP contribution in [0.4, 0.5) is 5.69 Å². The number of rotatable bonds is 6. The highest BCUT2D eigenvalue weighted by Gasteiger charge is 2.16. The molecular weight excluding hydrogens is 314 g/mol. The maximum absolute atomic E-state index is 12.3. The molecule has 0 aromatic heterocycles. The van der Waals surface area contributed by atoms with Gasteiger partial charge >= 0.3 is 11.9 Å². The first-order chi connectivity index (χ1) is 11.5. The Kier molecular flexibility index (Phi) is 5.51. The van der Waals surface area contributed by atoms with Gasteiger partial charge in [-0.25, -0.2) is 9.59 Å². The quantitative estimate of drug-likeness (QED) is 0.788. The number of carbonyl (C=O) groups excluding carboxylic acids is 2. The molecule has 0 saturated carbocycles. The van der Waals surface area contributed by atoms with Crippen LogP contribution in [0.2, 0.25) is 0 Å². The van der Waals surface area contributed by atoms with Crippen LogP contribution in [-0.2, 0) is 9.53 Å². The molecule has 24 heavy (non-hydrogen) atoms. The van der Waals surface area contributed by atoms with Gasteiger partial charge in [0.25, 0.3) is 5.91 Å². The molecule has 0 spiro atoms. The predicted octanol–water partition coefficient (Wildman–Crippen LogP) is 2.19. The highest BCUT2D eigenvalue weighted by Crippen LogP contribution is 2.19. The van der Waals surface area contributed by atoms with Crippen LogP contribution in [-0.4, -0.2) is 36.7 Å². The molecule has 7 heteroatoms. The standard InChI is InChI=1S/C17H15NO6/c1-23-15(19)10-24-12-6-4-5-11(9-12)18-16(20)13-7-2-3-8-14(13)17(21)22/h2-9H,10H2,1H3,(H,18,20)(H,21,22). The van der Waals surface area contributed by atoms with E-state index >= 15 is 0 Å². The number of methoxy groups -OCH3 is 1. The first-order valence-corrected chi connectivity index (χ1v) is 6.94. The number of esters is 1. The predicted molar refractivity (Wildman–Crippen MR) is 85.3 cm³/mol. The van der Waals surface area contributed by atoms with E-state index in [1.54, 1.807) is 30.3 Å². The SMILES string of the molecule is COC(=O)COc1cccc(NC(=O)c2ccccc2C(=O)O)c1. The maximum atomic E-state index is 12.3. The minimum atomic E-state index is -1.18. The molecule has 0 fully saturated rings. The third kappa shape index (κ3) is 4.33. The van der Waals surface area contributed by atoms with Crippen molar-refractivity contribution in [3.63, 3.8) is 0 Å². The number of ether oxygens (including phenoxy) is 2. The Labute approximate surface area is 137 Å². The lowest BCUT2D eigenvalue weighted by atomic mass is 10.1. The van der Waals surface area contributed by atoms with Crippen molar-refractivity contribution in [3.05, 3.63) is 59.7 Å². The fourth-order valence-electron chi connectivity index (χ4n) is 1.93. The fourth-order valence-corrected chi connectivity index (χ4v) is 1.93. The van der Waals surface area contributed by atoms with Gasteiger partial charge in [-0.3, -0.25) is 4.79 Å². The van der Waals surface area contributed by atoms with Gasteiger partial charge in [-0.2, -0.15) is 0 Å². The van der Waals surface area contributed by atoms with Crippen LogP contribution in [0.25, 0.3) is 0 Å². The zero-order valence-electron chi connectivity index (χ0n) is 12.8. The van der Waals surface area contributed by atoms with Gasteiger partial charge in [0.2, 0.25) is 0 Å². The molecule has 0 saturated heterocycles. The molecule has 0 heterocycles. The summed E-state index contributed by atoms with van der Waals surface area (Å²) in [5.74, 6) is -1.90. The Morgan fingerprint density at radius 2 is 1.75 bits per heavy atom. The third-order valence-electron chi connectivity index (χ3n) is 3.08. The summed E-state index contributed by atoms with van der Waals surface area (Å²) in [5.41, 5.74) is 0.363. The smallest absolute Gasteiger partial charge is 0.343 e. The van der Waals surface area contributed by atoms with Crippen LogP contribution in [0, 0.1) is 0 Å². The molecule has 2 aromatic rings. The lowest BCUT2D eigenvalue weighted by molar-refractivity contribution is -0.142. The van der Waals surface area contributed by atoms with E-state index in [4.69, 9.17) is 9.84 Å². The monoisotopic (exact) mass is 329 g/mol. The molecule has 7 nitrogen and oxygen atoms in total. The van der Waals surface area contributed by atoms with Gasteiger partial charge in [-0.15, -0.1) is 0 Å². The molecule has 1 amide bonds. The summed E-state index contributed by atoms with van der Waals surface area (Å²) in [6, 6.07) is 12.3. The molecule has 2 aromatic carbocycles. The van der Waals surface area contributed by atoms with E-state index in [0.717, 1.165) is 0 Å². The van der Waals surface area contributed by atoms with Gasteiger partial charge in [0.05, 0.1) is 18.2 Å². The molecule has 0 aliphatic heterocycles. The van der Waals surface area contributed by atoms with Crippen molar-refractivity contribution in [1.29, 1.82) is 0 Å². The highest BCUT2D eigenvalue weighted by molar-refractivity contribution is 6.10. The van der Waals surface area contributed by atoms with Crippen LogP contribution in [0.3, 0.4) is 0 Å². The van der Waals surface area contributed by atoms with Crippen LogP contribution in [0.15, 0.2) is 48.5 Å². The third-order valence-corrected chi connectivity index (χ3v) is 3.08. The lowest BCUT2D eigenvalue weighted by Crippen LogP contribution is -2.16. The molecule has 0 atom stereocenters.